The van der Waals surface area contributed by atoms with Crippen LogP contribution in [0.2, 0.25) is 0 Å². The summed E-state index contributed by atoms with van der Waals surface area (Å²) in [5.74, 6) is 3.57. The molecule has 2 saturated heterocycles. The van der Waals surface area contributed by atoms with Gasteiger partial charge < -0.3 is 10.2 Å². The Bertz CT molecular complexity index is 172. The van der Waals surface area contributed by atoms with Gasteiger partial charge >= 0.3 is 0 Å². The van der Waals surface area contributed by atoms with E-state index in [2.05, 4.69) is 35.9 Å². The quantitative estimate of drug-likeness (QED) is 0.629. The monoisotopic (exact) mass is 200 g/mol. The van der Waals surface area contributed by atoms with Crippen LogP contribution in [0.5, 0.6) is 0 Å². The second-order valence-electron chi connectivity index (χ2n) is 4.31. The Balaban J connectivity index is 2.06. The maximum absolute atomic E-state index is 3.68. The van der Waals surface area contributed by atoms with Crippen LogP contribution in [0.1, 0.15) is 13.3 Å². The summed E-state index contributed by atoms with van der Waals surface area (Å²) >= 11 is 2.11. The minimum absolute atomic E-state index is 0.765. The normalized spacial score (nSPS) is 42.5. The number of likely N-dealkylation sites (N-methyl/N-ethyl adjacent to an activating group) is 1. The van der Waals surface area contributed by atoms with Crippen LogP contribution in [-0.2, 0) is 0 Å². The minimum atomic E-state index is 0.765. The minimum Gasteiger partial charge on any atom is -0.312 e. The highest BCUT2D eigenvalue weighted by Crippen LogP contribution is 2.29. The lowest BCUT2D eigenvalue weighted by atomic mass is 9.90. The summed E-state index contributed by atoms with van der Waals surface area (Å²) in [6, 6.07) is 1.54. The average Bonchev–Trinajstić information content (AvgIpc) is 2.29. The van der Waals surface area contributed by atoms with E-state index < -0.39 is 0 Å². The summed E-state index contributed by atoms with van der Waals surface area (Å²) in [5, 5.41) is 3.68. The molecule has 2 aliphatic rings. The fourth-order valence-corrected chi connectivity index (χ4v) is 3.72. The van der Waals surface area contributed by atoms with E-state index in [9.17, 15) is 0 Å². The summed E-state index contributed by atoms with van der Waals surface area (Å²) in [6.07, 6.45) is 1.40. The van der Waals surface area contributed by atoms with Crippen LogP contribution < -0.4 is 5.32 Å². The zero-order valence-corrected chi connectivity index (χ0v) is 9.44. The molecule has 2 nitrogen and oxygen atoms in total. The van der Waals surface area contributed by atoms with Gasteiger partial charge in [-0.15, -0.1) is 0 Å². The van der Waals surface area contributed by atoms with Gasteiger partial charge in [-0.3, -0.25) is 0 Å². The zero-order valence-electron chi connectivity index (χ0n) is 8.62. The molecule has 1 unspecified atom stereocenters. The second kappa shape index (κ2) is 4.20. The Hall–Kier alpha value is 0.270. The molecule has 3 atom stereocenters. The van der Waals surface area contributed by atoms with Gasteiger partial charge in [0.1, 0.15) is 0 Å². The first kappa shape index (κ1) is 9.81. The van der Waals surface area contributed by atoms with Gasteiger partial charge in [-0.25, -0.2) is 0 Å². The molecule has 0 bridgehead atoms. The Kier molecular flexibility index (Phi) is 3.17. The van der Waals surface area contributed by atoms with Gasteiger partial charge in [-0.05, 0) is 32.1 Å². The fourth-order valence-electron chi connectivity index (χ4n) is 2.50. The third-order valence-electron chi connectivity index (χ3n) is 3.60. The third kappa shape index (κ3) is 2.03. The lowest BCUT2D eigenvalue weighted by molar-refractivity contribution is 0.195. The molecular weight excluding hydrogens is 180 g/mol. The number of thioether (sulfide) groups is 1. The molecule has 0 amide bonds. The van der Waals surface area contributed by atoms with Crippen molar-refractivity contribution in [1.29, 1.82) is 0 Å². The van der Waals surface area contributed by atoms with E-state index in [0.717, 1.165) is 18.0 Å². The van der Waals surface area contributed by atoms with Crippen LogP contribution in [0.3, 0.4) is 0 Å². The third-order valence-corrected chi connectivity index (χ3v) is 4.71. The molecule has 0 aliphatic carbocycles. The number of hydrogen-bond donors (Lipinski definition) is 1. The number of fused-ring (bicyclic) bond motifs is 1. The van der Waals surface area contributed by atoms with Crippen molar-refractivity contribution in [3.8, 4) is 0 Å². The van der Waals surface area contributed by atoms with Crippen molar-refractivity contribution in [2.75, 3.05) is 31.6 Å². The van der Waals surface area contributed by atoms with Crippen LogP contribution in [0.25, 0.3) is 0 Å². The molecule has 2 rings (SSSR count). The smallest absolute Gasteiger partial charge is 0.0202 e. The molecule has 2 heterocycles. The van der Waals surface area contributed by atoms with Gasteiger partial charge in [0.2, 0.25) is 0 Å². The van der Waals surface area contributed by atoms with Crippen LogP contribution >= 0.6 is 11.8 Å². The van der Waals surface area contributed by atoms with Gasteiger partial charge in [0.05, 0.1) is 0 Å². The Morgan fingerprint density at radius 2 is 2.31 bits per heavy atom. The van der Waals surface area contributed by atoms with Crippen molar-refractivity contribution in [1.82, 2.24) is 10.2 Å². The molecule has 0 radical (unpaired) electrons. The lowest BCUT2D eigenvalue weighted by Crippen LogP contribution is -2.45. The molecule has 13 heavy (non-hydrogen) atoms. The molecule has 3 heteroatoms. The first-order valence-corrected chi connectivity index (χ1v) is 6.46. The maximum atomic E-state index is 3.68. The van der Waals surface area contributed by atoms with Crippen molar-refractivity contribution in [2.24, 2.45) is 5.92 Å². The van der Waals surface area contributed by atoms with Crippen molar-refractivity contribution in [3.63, 3.8) is 0 Å². The second-order valence-corrected chi connectivity index (χ2v) is 5.46. The molecule has 0 aromatic carbocycles. The fraction of sp³-hybridized carbons (Fsp3) is 1.00. The van der Waals surface area contributed by atoms with Crippen molar-refractivity contribution >= 4 is 11.8 Å². The predicted octanol–water partition coefficient (Wildman–Crippen LogP) is 1.03. The number of hydrogen-bond acceptors (Lipinski definition) is 3. The van der Waals surface area contributed by atoms with E-state index in [-0.39, 0.29) is 0 Å². The van der Waals surface area contributed by atoms with E-state index >= 15 is 0 Å². The largest absolute Gasteiger partial charge is 0.312 e. The van der Waals surface area contributed by atoms with Crippen LogP contribution in [0, 0.1) is 5.92 Å². The van der Waals surface area contributed by atoms with Crippen molar-refractivity contribution in [3.05, 3.63) is 0 Å². The van der Waals surface area contributed by atoms with Crippen LogP contribution in [0.15, 0.2) is 0 Å². The van der Waals surface area contributed by atoms with Gasteiger partial charge in [-0.2, -0.15) is 11.8 Å². The van der Waals surface area contributed by atoms with Gasteiger partial charge in [0.15, 0.2) is 0 Å². The van der Waals surface area contributed by atoms with E-state index in [1.54, 1.807) is 0 Å². The Morgan fingerprint density at radius 3 is 3.15 bits per heavy atom. The Morgan fingerprint density at radius 1 is 1.46 bits per heavy atom. The summed E-state index contributed by atoms with van der Waals surface area (Å²) in [6.45, 7) is 4.77. The SMILES string of the molecule is C[C@H]1[C@@H]2CCSCC2NCCN1C. The van der Waals surface area contributed by atoms with Gasteiger partial charge in [0, 0.05) is 30.9 Å². The molecule has 0 aromatic heterocycles. The molecular formula is C10H20N2S. The maximum Gasteiger partial charge on any atom is 0.0202 e. The summed E-state index contributed by atoms with van der Waals surface area (Å²) < 4.78 is 0. The summed E-state index contributed by atoms with van der Waals surface area (Å²) in [7, 11) is 2.26. The first-order valence-electron chi connectivity index (χ1n) is 5.30. The van der Waals surface area contributed by atoms with Crippen LogP contribution in [-0.4, -0.2) is 48.6 Å². The predicted molar refractivity (Wildman–Crippen MR) is 59.3 cm³/mol. The van der Waals surface area contributed by atoms with Gasteiger partial charge in [-0.1, -0.05) is 0 Å². The molecule has 2 fully saturated rings. The highest BCUT2D eigenvalue weighted by atomic mass is 32.2. The molecule has 76 valence electrons. The Labute approximate surface area is 85.4 Å². The van der Waals surface area contributed by atoms with Crippen molar-refractivity contribution < 1.29 is 0 Å². The zero-order chi connectivity index (χ0) is 9.26. The molecule has 0 spiro atoms. The lowest BCUT2D eigenvalue weighted by Gasteiger charge is -2.36. The molecule has 0 saturated carbocycles. The van der Waals surface area contributed by atoms with E-state index in [1.807, 2.05) is 0 Å². The standard InChI is InChI=1S/C10H20N2S/c1-8-9-3-6-13-7-10(9)11-4-5-12(8)2/h8-11H,3-7H2,1-2H3/t8-,9-,10?/m0/s1. The van der Waals surface area contributed by atoms with Crippen LogP contribution in [0.4, 0.5) is 0 Å². The molecule has 0 aromatic rings. The molecule has 1 N–H and O–H groups in total. The number of nitrogens with one attached hydrogen (secondary N) is 1. The summed E-state index contributed by atoms with van der Waals surface area (Å²) in [4.78, 5) is 2.51. The first-order chi connectivity index (χ1) is 6.29. The molecule has 2 aliphatic heterocycles. The number of rotatable bonds is 0. The van der Waals surface area contributed by atoms with E-state index in [1.165, 1.54) is 31.0 Å². The van der Waals surface area contributed by atoms with Crippen molar-refractivity contribution in [2.45, 2.75) is 25.4 Å². The van der Waals surface area contributed by atoms with Gasteiger partial charge in [0.25, 0.3) is 0 Å². The highest BCUT2D eigenvalue weighted by Gasteiger charge is 2.33. The highest BCUT2D eigenvalue weighted by molar-refractivity contribution is 7.99. The van der Waals surface area contributed by atoms with E-state index in [4.69, 9.17) is 0 Å². The van der Waals surface area contributed by atoms with E-state index in [0.29, 0.717) is 0 Å². The number of nitrogens with zero attached hydrogens (tertiary/aromatic N) is 1. The average molecular weight is 200 g/mol. The topological polar surface area (TPSA) is 15.3 Å². The summed E-state index contributed by atoms with van der Waals surface area (Å²) in [5.41, 5.74) is 0.